The van der Waals surface area contributed by atoms with Gasteiger partial charge >= 0.3 is 11.9 Å². The summed E-state index contributed by atoms with van der Waals surface area (Å²) in [7, 11) is 3.16. The van der Waals surface area contributed by atoms with Crippen LogP contribution in [0, 0.1) is 52.3 Å². The lowest BCUT2D eigenvalue weighted by Crippen LogP contribution is -2.51. The Balaban J connectivity index is 0.831. The van der Waals surface area contributed by atoms with Gasteiger partial charge < -0.3 is 34.3 Å². The molecule has 11 nitrogen and oxygen atoms in total. The molecule has 0 radical (unpaired) electrons. The van der Waals surface area contributed by atoms with Crippen molar-refractivity contribution in [2.24, 2.45) is 52.3 Å². The number of fused-ring (bicyclic) bond motifs is 5. The van der Waals surface area contributed by atoms with E-state index in [4.69, 9.17) is 18.9 Å². The average Bonchev–Trinajstić information content (AvgIpc) is 4.04. The van der Waals surface area contributed by atoms with Gasteiger partial charge in [0.2, 0.25) is 11.8 Å². The molecule has 1 aliphatic heterocycles. The molecule has 8 rings (SSSR count). The Morgan fingerprint density at radius 2 is 1.43 bits per heavy atom. The molecule has 0 spiro atoms. The number of aliphatic hydroxyl groups is 1. The van der Waals surface area contributed by atoms with Crippen LogP contribution in [0.5, 0.6) is 5.75 Å². The largest absolute Gasteiger partial charge is 0.497 e. The van der Waals surface area contributed by atoms with E-state index in [-0.39, 0.29) is 67.8 Å². The average molecular weight is 1060 g/mol. The SMILES string of the molecule is CNC(=O)CCC(=O)OC1CN(C(=O)CCCCCCC(=O)OC2CC[C@@]3(C)C(=CCC4C3CC[C@@]3(C)C4CC[C@@H]3C(C)CCCC(C)C)C2)CC1COC(c1ccccc1)(c1ccc(CO)cc1)c1ccc(OC)cc1. The van der Waals surface area contributed by atoms with E-state index >= 15 is 0 Å². The number of carbonyl (C=O) groups is 4. The van der Waals surface area contributed by atoms with Gasteiger partial charge in [-0.15, -0.1) is 0 Å². The molecule has 0 aromatic heterocycles. The zero-order valence-corrected chi connectivity index (χ0v) is 47.7. The van der Waals surface area contributed by atoms with E-state index in [1.165, 1.54) is 58.4 Å². The van der Waals surface area contributed by atoms with Crippen molar-refractivity contribution >= 4 is 23.8 Å². The lowest BCUT2D eigenvalue weighted by atomic mass is 9.47. The van der Waals surface area contributed by atoms with Gasteiger partial charge in [0, 0.05) is 45.2 Å². The van der Waals surface area contributed by atoms with Crippen molar-refractivity contribution in [3.8, 4) is 5.75 Å². The second-order valence-corrected chi connectivity index (χ2v) is 24.8. The number of esters is 2. The fourth-order valence-corrected chi connectivity index (χ4v) is 15.3. The number of amides is 2. The molecule has 0 bridgehead atoms. The molecule has 1 saturated heterocycles. The Hall–Kier alpha value is -5.00. The molecule has 11 atom stereocenters. The monoisotopic (exact) mass is 1060 g/mol. The third kappa shape index (κ3) is 13.4. The van der Waals surface area contributed by atoms with E-state index in [1.807, 2.05) is 78.9 Å². The highest BCUT2D eigenvalue weighted by Crippen LogP contribution is 2.67. The molecule has 2 amide bonds. The first-order valence-corrected chi connectivity index (χ1v) is 29.7. The van der Waals surface area contributed by atoms with Crippen molar-refractivity contribution in [1.29, 1.82) is 0 Å². The van der Waals surface area contributed by atoms with E-state index in [0.29, 0.717) is 37.0 Å². The van der Waals surface area contributed by atoms with Crippen LogP contribution in [0.25, 0.3) is 0 Å². The van der Waals surface area contributed by atoms with Crippen molar-refractivity contribution < 1.29 is 43.2 Å². The third-order valence-electron chi connectivity index (χ3n) is 19.7. The Kier molecular flexibility index (Phi) is 19.9. The lowest BCUT2D eigenvalue weighted by molar-refractivity contribution is -0.153. The third-order valence-corrected chi connectivity index (χ3v) is 19.7. The number of aliphatic hydroxyl groups excluding tert-OH is 1. The lowest BCUT2D eigenvalue weighted by Gasteiger charge is -2.58. The van der Waals surface area contributed by atoms with Crippen molar-refractivity contribution in [2.75, 3.05) is 33.9 Å². The molecule has 4 fully saturated rings. The number of benzene rings is 3. The Labute approximate surface area is 461 Å². The molecular formula is C66H92N2O9. The molecule has 3 saturated carbocycles. The second kappa shape index (κ2) is 26.3. The molecule has 2 N–H and O–H groups in total. The van der Waals surface area contributed by atoms with E-state index in [9.17, 15) is 24.3 Å². The first-order valence-electron chi connectivity index (χ1n) is 29.7. The van der Waals surface area contributed by atoms with E-state index in [0.717, 1.165) is 96.3 Å². The summed E-state index contributed by atoms with van der Waals surface area (Å²) in [4.78, 5) is 54.3. The van der Waals surface area contributed by atoms with Crippen LogP contribution in [-0.2, 0) is 45.6 Å². The van der Waals surface area contributed by atoms with E-state index in [1.54, 1.807) is 17.6 Å². The zero-order chi connectivity index (χ0) is 54.7. The highest BCUT2D eigenvalue weighted by Gasteiger charge is 2.59. The smallest absolute Gasteiger partial charge is 0.306 e. The number of rotatable bonds is 25. The summed E-state index contributed by atoms with van der Waals surface area (Å²) < 4.78 is 25.0. The predicted molar refractivity (Wildman–Crippen MR) is 302 cm³/mol. The molecule has 420 valence electrons. The van der Waals surface area contributed by atoms with Gasteiger partial charge in [0.05, 0.1) is 33.3 Å². The van der Waals surface area contributed by atoms with Crippen molar-refractivity contribution in [1.82, 2.24) is 10.2 Å². The van der Waals surface area contributed by atoms with Crippen LogP contribution in [0.4, 0.5) is 0 Å². The normalized spacial score (nSPS) is 27.8. The minimum atomic E-state index is -1.13. The number of nitrogens with zero attached hydrogens (tertiary/aromatic N) is 1. The summed E-state index contributed by atoms with van der Waals surface area (Å²) in [5.41, 5.74) is 4.43. The minimum absolute atomic E-state index is 0.00000623. The summed E-state index contributed by atoms with van der Waals surface area (Å²) in [5, 5.41) is 12.5. The standard InChI is InChI=1S/C66H92N2O9/c1-45(2)16-15-17-46(3)56-32-33-57-55-31-28-52-40-54(36-38-64(52,4)58(55)37-39-65(56,57)5)76-62(72)21-14-9-8-13-20-61(71)68-41-48(59(42-68)77-63(73)35-34-60(70)67-6)44-75-66(49-18-11-10-12-19-49,50-24-22-47(43-69)23-25-50)51-26-29-53(74-7)30-27-51/h10-12,18-19,22-30,45-46,48,54-59,69H,8-9,13-17,20-21,31-44H2,1-7H3,(H,67,70)/t46?,48?,54?,55?,56-,57?,58?,59?,64+,65-,66?/m1/s1. The maximum absolute atomic E-state index is 14.0. The minimum Gasteiger partial charge on any atom is -0.497 e. The molecule has 5 aliphatic rings. The molecule has 3 aromatic rings. The first kappa shape index (κ1) is 58.2. The van der Waals surface area contributed by atoms with Crippen LogP contribution in [0.2, 0.25) is 0 Å². The van der Waals surface area contributed by atoms with Gasteiger partial charge in [-0.25, -0.2) is 0 Å². The van der Waals surface area contributed by atoms with Crippen LogP contribution < -0.4 is 10.1 Å². The summed E-state index contributed by atoms with van der Waals surface area (Å²) in [6, 6.07) is 25.4. The van der Waals surface area contributed by atoms with Crippen molar-refractivity contribution in [2.45, 2.75) is 181 Å². The summed E-state index contributed by atoms with van der Waals surface area (Å²) in [6.45, 7) is 13.1. The van der Waals surface area contributed by atoms with Crippen LogP contribution >= 0.6 is 0 Å². The van der Waals surface area contributed by atoms with Gasteiger partial charge in [-0.3, -0.25) is 19.2 Å². The summed E-state index contributed by atoms with van der Waals surface area (Å²) in [5.74, 6) is 4.25. The van der Waals surface area contributed by atoms with E-state index < -0.39 is 17.7 Å². The Bertz CT molecular complexity index is 2410. The van der Waals surface area contributed by atoms with Crippen LogP contribution in [-0.4, -0.2) is 79.8 Å². The number of carbonyl (C=O) groups excluding carboxylic acids is 4. The molecule has 8 unspecified atom stereocenters. The maximum atomic E-state index is 14.0. The fraction of sp³-hybridized carbons (Fsp3) is 0.636. The van der Waals surface area contributed by atoms with Gasteiger partial charge in [-0.2, -0.15) is 0 Å². The van der Waals surface area contributed by atoms with Crippen LogP contribution in [0.1, 0.15) is 179 Å². The number of methoxy groups -OCH3 is 1. The summed E-state index contributed by atoms with van der Waals surface area (Å²) in [6.07, 6.45) is 19.3. The Morgan fingerprint density at radius 3 is 2.12 bits per heavy atom. The van der Waals surface area contributed by atoms with Gasteiger partial charge in [0.1, 0.15) is 23.6 Å². The molecule has 11 heteroatoms. The second-order valence-electron chi connectivity index (χ2n) is 24.8. The molecular weight excluding hydrogens is 965 g/mol. The first-order chi connectivity index (χ1) is 37.1. The number of ether oxygens (including phenoxy) is 4. The Morgan fingerprint density at radius 1 is 0.740 bits per heavy atom. The van der Waals surface area contributed by atoms with Gasteiger partial charge in [0.25, 0.3) is 0 Å². The number of likely N-dealkylation sites (tertiary alicyclic amines) is 1. The highest BCUT2D eigenvalue weighted by atomic mass is 16.6. The fourth-order valence-electron chi connectivity index (χ4n) is 15.3. The number of nitrogens with one attached hydrogen (secondary N) is 1. The van der Waals surface area contributed by atoms with Crippen LogP contribution in [0.3, 0.4) is 0 Å². The van der Waals surface area contributed by atoms with Gasteiger partial charge in [-0.05, 0) is 139 Å². The number of hydrogen-bond donors (Lipinski definition) is 2. The topological polar surface area (TPSA) is 141 Å². The number of hydrogen-bond acceptors (Lipinski definition) is 9. The van der Waals surface area contributed by atoms with E-state index in [2.05, 4.69) is 46.0 Å². The maximum Gasteiger partial charge on any atom is 0.306 e. The highest BCUT2D eigenvalue weighted by molar-refractivity contribution is 5.81. The summed E-state index contributed by atoms with van der Waals surface area (Å²) >= 11 is 0. The predicted octanol–water partition coefficient (Wildman–Crippen LogP) is 12.7. The molecule has 3 aromatic carbocycles. The van der Waals surface area contributed by atoms with Crippen molar-refractivity contribution in [3.05, 3.63) is 113 Å². The van der Waals surface area contributed by atoms with Crippen molar-refractivity contribution in [3.63, 3.8) is 0 Å². The molecule has 4 aliphatic carbocycles. The van der Waals surface area contributed by atoms with Gasteiger partial charge in [0.15, 0.2) is 0 Å². The zero-order valence-electron chi connectivity index (χ0n) is 47.7. The molecule has 1 heterocycles. The number of allylic oxidation sites excluding steroid dienone is 1. The number of unbranched alkanes of at least 4 members (excludes halogenated alkanes) is 3. The van der Waals surface area contributed by atoms with Gasteiger partial charge in [-0.1, -0.05) is 145 Å². The quantitative estimate of drug-likeness (QED) is 0.0367. The van der Waals surface area contributed by atoms with Crippen LogP contribution in [0.15, 0.2) is 90.5 Å². The molecule has 77 heavy (non-hydrogen) atoms.